The lowest BCUT2D eigenvalue weighted by Gasteiger charge is -2.14. The number of halogens is 3. The molecule has 1 aromatic rings. The predicted molar refractivity (Wildman–Crippen MR) is 69.5 cm³/mol. The van der Waals surface area contributed by atoms with E-state index in [1.807, 2.05) is 0 Å². The molecule has 0 amide bonds. The Morgan fingerprint density at radius 3 is 2.55 bits per heavy atom. The Morgan fingerprint density at radius 1 is 1.50 bits per heavy atom. The van der Waals surface area contributed by atoms with Crippen LogP contribution in [0.25, 0.3) is 0 Å². The van der Waals surface area contributed by atoms with Gasteiger partial charge in [0.2, 0.25) is 10.0 Å². The topological polar surface area (TPSA) is 101 Å². The molecule has 0 saturated carbocycles. The van der Waals surface area contributed by atoms with Gasteiger partial charge in [-0.3, -0.25) is 9.48 Å². The molecule has 2 N–H and O–H groups in total. The highest BCUT2D eigenvalue weighted by Gasteiger charge is 2.41. The molecular formula is C11H16F3N3O4S. The number of carbonyl (C=O) groups is 1. The molecule has 7 nitrogen and oxygen atoms in total. The molecule has 0 aliphatic rings. The fourth-order valence-corrected chi connectivity index (χ4v) is 3.17. The molecule has 1 aromatic heterocycles. The Balaban J connectivity index is 3.16. The number of alkyl halides is 3. The van der Waals surface area contributed by atoms with Crippen molar-refractivity contribution in [3.8, 4) is 0 Å². The second-order valence-corrected chi connectivity index (χ2v) is 6.35. The van der Waals surface area contributed by atoms with E-state index in [4.69, 9.17) is 5.11 Å². The van der Waals surface area contributed by atoms with Crippen molar-refractivity contribution in [3.63, 3.8) is 0 Å². The summed E-state index contributed by atoms with van der Waals surface area (Å²) in [6, 6.07) is -1.49. The highest BCUT2D eigenvalue weighted by molar-refractivity contribution is 7.89. The maximum atomic E-state index is 12.8. The van der Waals surface area contributed by atoms with Crippen LogP contribution in [-0.2, 0) is 28.0 Å². The molecule has 11 heteroatoms. The van der Waals surface area contributed by atoms with Gasteiger partial charge in [-0.05, 0) is 6.42 Å². The second kappa shape index (κ2) is 6.65. The molecular weight excluding hydrogens is 327 g/mol. The van der Waals surface area contributed by atoms with Gasteiger partial charge in [0.05, 0.1) is 0 Å². The predicted octanol–water partition coefficient (Wildman–Crippen LogP) is 1.36. The maximum absolute atomic E-state index is 12.8. The number of carboxylic acids is 1. The number of hydrogen-bond donors (Lipinski definition) is 2. The van der Waals surface area contributed by atoms with Crippen LogP contribution >= 0.6 is 0 Å². The second-order valence-electron chi connectivity index (χ2n) is 4.67. The molecule has 22 heavy (non-hydrogen) atoms. The highest BCUT2D eigenvalue weighted by atomic mass is 32.2. The molecule has 1 rings (SSSR count). The number of carboxylic acid groups (broad SMARTS) is 1. The molecule has 0 aliphatic heterocycles. The van der Waals surface area contributed by atoms with Crippen molar-refractivity contribution in [1.82, 2.24) is 14.5 Å². The molecule has 0 radical (unpaired) electrons. The number of nitrogens with one attached hydrogen (secondary N) is 1. The van der Waals surface area contributed by atoms with Crippen molar-refractivity contribution < 1.29 is 31.5 Å². The van der Waals surface area contributed by atoms with Crippen LogP contribution in [0.2, 0.25) is 0 Å². The smallest absolute Gasteiger partial charge is 0.436 e. The van der Waals surface area contributed by atoms with Crippen LogP contribution in [0.4, 0.5) is 13.2 Å². The third kappa shape index (κ3) is 4.44. The average Bonchev–Trinajstić information content (AvgIpc) is 2.77. The molecule has 0 fully saturated rings. The van der Waals surface area contributed by atoms with Crippen LogP contribution in [0.5, 0.6) is 0 Å². The van der Waals surface area contributed by atoms with E-state index in [2.05, 4.69) is 5.10 Å². The zero-order chi connectivity index (χ0) is 17.1. The largest absolute Gasteiger partial charge is 0.480 e. The first kappa shape index (κ1) is 18.4. The van der Waals surface area contributed by atoms with Gasteiger partial charge >= 0.3 is 12.1 Å². The van der Waals surface area contributed by atoms with Crippen LogP contribution in [-0.4, -0.2) is 35.3 Å². The summed E-state index contributed by atoms with van der Waals surface area (Å²) < 4.78 is 65.0. The lowest BCUT2D eigenvalue weighted by atomic mass is 10.1. The van der Waals surface area contributed by atoms with Gasteiger partial charge in [-0.2, -0.15) is 23.0 Å². The van der Waals surface area contributed by atoms with Crippen molar-refractivity contribution in [2.45, 2.75) is 43.3 Å². The quantitative estimate of drug-likeness (QED) is 0.778. The van der Waals surface area contributed by atoms with Gasteiger partial charge in [0.1, 0.15) is 10.9 Å². The number of aliphatic carboxylic acids is 1. The van der Waals surface area contributed by atoms with E-state index in [1.165, 1.54) is 0 Å². The summed E-state index contributed by atoms with van der Waals surface area (Å²) in [4.78, 5) is 9.94. The van der Waals surface area contributed by atoms with Crippen molar-refractivity contribution in [2.24, 2.45) is 7.05 Å². The first-order valence-corrected chi connectivity index (χ1v) is 7.83. The lowest BCUT2D eigenvalue weighted by molar-refractivity contribution is -0.143. The molecule has 0 spiro atoms. The minimum Gasteiger partial charge on any atom is -0.480 e. The van der Waals surface area contributed by atoms with Crippen LogP contribution in [0.3, 0.4) is 0 Å². The van der Waals surface area contributed by atoms with E-state index in [0.717, 1.165) is 7.05 Å². The van der Waals surface area contributed by atoms with Crippen LogP contribution in [0, 0.1) is 0 Å². The van der Waals surface area contributed by atoms with E-state index in [1.54, 1.807) is 11.6 Å². The molecule has 0 aliphatic carbocycles. The van der Waals surface area contributed by atoms with Gasteiger partial charge in [-0.15, -0.1) is 0 Å². The van der Waals surface area contributed by atoms with Crippen LogP contribution in [0.1, 0.15) is 31.9 Å². The van der Waals surface area contributed by atoms with Crippen molar-refractivity contribution in [2.75, 3.05) is 0 Å². The zero-order valence-corrected chi connectivity index (χ0v) is 12.7. The summed E-state index contributed by atoms with van der Waals surface area (Å²) in [5.74, 6) is -1.45. The first-order chi connectivity index (χ1) is 9.99. The average molecular weight is 343 g/mol. The fraction of sp³-hybridized carbons (Fsp3) is 0.636. The Hall–Kier alpha value is -1.62. The van der Waals surface area contributed by atoms with E-state index in [9.17, 15) is 26.4 Å². The molecule has 1 atom stereocenters. The summed E-state index contributed by atoms with van der Waals surface area (Å²) in [6.07, 6.45) is -3.27. The fourth-order valence-electron chi connectivity index (χ4n) is 1.75. The number of hydrogen-bond acceptors (Lipinski definition) is 4. The molecule has 126 valence electrons. The maximum Gasteiger partial charge on any atom is 0.436 e. The van der Waals surface area contributed by atoms with Gasteiger partial charge in [-0.25, -0.2) is 8.42 Å². The van der Waals surface area contributed by atoms with Gasteiger partial charge < -0.3 is 5.11 Å². The molecule has 0 aromatic carbocycles. The summed E-state index contributed by atoms with van der Waals surface area (Å²) in [7, 11) is -3.52. The molecule has 1 heterocycles. The standard InChI is InChI=1S/C11H16F3N3O4S/c1-3-4-5-7(10(18)19)16-22(20,21)8-6-17(2)15-9(8)11(12,13)14/h6-7,16H,3-5H2,1-2H3,(H,18,19)/t7-/m0/s1. The lowest BCUT2D eigenvalue weighted by Crippen LogP contribution is -2.41. The Labute approximate surface area is 125 Å². The van der Waals surface area contributed by atoms with Crippen molar-refractivity contribution in [1.29, 1.82) is 0 Å². The summed E-state index contributed by atoms with van der Waals surface area (Å²) in [6.45, 7) is 1.77. The van der Waals surface area contributed by atoms with Gasteiger partial charge in [-0.1, -0.05) is 19.8 Å². The highest BCUT2D eigenvalue weighted by Crippen LogP contribution is 2.32. The number of rotatable bonds is 7. The van der Waals surface area contributed by atoms with Crippen LogP contribution in [0.15, 0.2) is 11.1 Å². The minimum absolute atomic E-state index is 0.0212. The van der Waals surface area contributed by atoms with Crippen LogP contribution < -0.4 is 4.72 Å². The Morgan fingerprint density at radius 2 is 2.09 bits per heavy atom. The Bertz CT molecular complexity index is 639. The first-order valence-electron chi connectivity index (χ1n) is 6.35. The zero-order valence-electron chi connectivity index (χ0n) is 11.9. The van der Waals surface area contributed by atoms with E-state index < -0.39 is 38.8 Å². The van der Waals surface area contributed by atoms with Crippen molar-refractivity contribution in [3.05, 3.63) is 11.9 Å². The molecule has 0 unspecified atom stereocenters. The van der Waals surface area contributed by atoms with E-state index >= 15 is 0 Å². The van der Waals surface area contributed by atoms with E-state index in [0.29, 0.717) is 23.7 Å². The SMILES string of the molecule is CCCC[C@H](NS(=O)(=O)c1cn(C)nc1C(F)(F)F)C(=O)O. The number of aryl methyl sites for hydroxylation is 1. The van der Waals surface area contributed by atoms with Crippen molar-refractivity contribution >= 4 is 16.0 Å². The minimum atomic E-state index is -4.96. The van der Waals surface area contributed by atoms with E-state index in [-0.39, 0.29) is 6.42 Å². The van der Waals surface area contributed by atoms with Gasteiger partial charge in [0, 0.05) is 13.2 Å². The molecule has 0 saturated heterocycles. The normalized spacial score (nSPS) is 14.0. The monoisotopic (exact) mass is 343 g/mol. The number of nitrogens with zero attached hydrogens (tertiary/aromatic N) is 2. The van der Waals surface area contributed by atoms with Gasteiger partial charge in [0.15, 0.2) is 5.69 Å². The summed E-state index contributed by atoms with van der Waals surface area (Å²) in [5, 5.41) is 12.1. The number of sulfonamides is 1. The summed E-state index contributed by atoms with van der Waals surface area (Å²) in [5.41, 5.74) is -1.58. The third-order valence-electron chi connectivity index (χ3n) is 2.80. The third-order valence-corrected chi connectivity index (χ3v) is 4.27. The number of aromatic nitrogens is 2. The summed E-state index contributed by atoms with van der Waals surface area (Å²) >= 11 is 0. The molecule has 0 bridgehead atoms. The number of unbranched alkanes of at least 4 members (excludes halogenated alkanes) is 1. The Kier molecular flexibility index (Phi) is 5.57. The van der Waals surface area contributed by atoms with Gasteiger partial charge in [0.25, 0.3) is 0 Å².